The third kappa shape index (κ3) is 11.7. The summed E-state index contributed by atoms with van der Waals surface area (Å²) in [5.74, 6) is 0.0825. The molecule has 4 rings (SSSR count). The fraction of sp³-hybridized carbons (Fsp3) is 0.133. The first-order chi connectivity index (χ1) is 18.3. The van der Waals surface area contributed by atoms with E-state index in [-0.39, 0.29) is 19.5 Å². The molecule has 0 fully saturated rings. The van der Waals surface area contributed by atoms with Gasteiger partial charge in [-0.15, -0.1) is 0 Å². The summed E-state index contributed by atoms with van der Waals surface area (Å²) in [6, 6.07) is 33.8. The van der Waals surface area contributed by atoms with Gasteiger partial charge in [-0.1, -0.05) is 102 Å². The Kier molecular flexibility index (Phi) is 15.9. The number of aliphatic carboxylic acids is 2. The molecule has 9 heteroatoms. The van der Waals surface area contributed by atoms with Crippen molar-refractivity contribution in [3.05, 3.63) is 97.1 Å². The van der Waals surface area contributed by atoms with Gasteiger partial charge in [0.1, 0.15) is 11.5 Å². The third-order valence-corrected chi connectivity index (χ3v) is 7.46. The summed E-state index contributed by atoms with van der Waals surface area (Å²) in [7, 11) is 4.54. The molecule has 0 aliphatic carbocycles. The maximum absolute atomic E-state index is 9.00. The molecule has 0 radical (unpaired) electrons. The summed E-state index contributed by atoms with van der Waals surface area (Å²) < 4.78 is 11.7. The summed E-state index contributed by atoms with van der Waals surface area (Å²) >= 11 is 0. The number of methoxy groups -OCH3 is 2. The van der Waals surface area contributed by atoms with Crippen molar-refractivity contribution in [3.8, 4) is 22.6 Å². The first-order valence-corrected chi connectivity index (χ1v) is 13.6. The molecule has 206 valence electrons. The fourth-order valence-corrected chi connectivity index (χ4v) is 5.93. The van der Waals surface area contributed by atoms with Crippen LogP contribution in [0.5, 0.6) is 11.5 Å². The van der Waals surface area contributed by atoms with Crippen LogP contribution in [0.4, 0.5) is 0 Å². The number of hydrogen-bond donors (Lipinski definition) is 2. The van der Waals surface area contributed by atoms with E-state index in [9.17, 15) is 0 Å². The van der Waals surface area contributed by atoms with Gasteiger partial charge in [0, 0.05) is 44.5 Å². The number of carboxylic acids is 2. The minimum Gasteiger partial charge on any atom is -0.496 e. The number of rotatable bonds is 7. The predicted molar refractivity (Wildman–Crippen MR) is 160 cm³/mol. The van der Waals surface area contributed by atoms with E-state index in [0.717, 1.165) is 36.5 Å². The average Bonchev–Trinajstić information content (AvgIpc) is 2.89. The van der Waals surface area contributed by atoms with E-state index in [0.29, 0.717) is 17.2 Å². The second kappa shape index (κ2) is 18.2. The van der Waals surface area contributed by atoms with Crippen LogP contribution in [0.3, 0.4) is 0 Å². The Hall–Kier alpha value is -3.10. The molecule has 2 N–H and O–H groups in total. The van der Waals surface area contributed by atoms with Gasteiger partial charge in [0.05, 0.1) is 14.2 Å². The van der Waals surface area contributed by atoms with Crippen LogP contribution in [0.1, 0.15) is 13.8 Å². The molecule has 4 aromatic carbocycles. The van der Waals surface area contributed by atoms with E-state index < -0.39 is 11.9 Å². The largest absolute Gasteiger partial charge is 0.496 e. The van der Waals surface area contributed by atoms with Crippen LogP contribution in [0, 0.1) is 0 Å². The number of carboxylic acid groups (broad SMARTS) is 2. The molecule has 0 saturated heterocycles. The van der Waals surface area contributed by atoms with Gasteiger partial charge in [0.25, 0.3) is 11.9 Å². The third-order valence-electron chi connectivity index (χ3n) is 4.85. The normalized spacial score (nSPS) is 10.1. The topological polar surface area (TPSA) is 93.1 Å². The molecule has 4 aromatic rings. The zero-order chi connectivity index (χ0) is 27.9. The molecule has 0 aliphatic heterocycles. The molecule has 0 amide bonds. The van der Waals surface area contributed by atoms with Gasteiger partial charge >= 0.3 is 0 Å². The molecule has 0 heterocycles. The Balaban J connectivity index is 0.000000748. The number of benzene rings is 4. The first-order valence-electron chi connectivity index (χ1n) is 11.6. The van der Waals surface area contributed by atoms with Gasteiger partial charge < -0.3 is 19.7 Å². The smallest absolute Gasteiger partial charge is 0.300 e. The summed E-state index contributed by atoms with van der Waals surface area (Å²) in [5.41, 5.74) is 2.25. The Morgan fingerprint density at radius 3 is 1.15 bits per heavy atom. The molecule has 0 aliphatic rings. The summed E-state index contributed by atoms with van der Waals surface area (Å²) in [5, 5.41) is 19.9. The van der Waals surface area contributed by atoms with Crippen molar-refractivity contribution in [2.24, 2.45) is 0 Å². The van der Waals surface area contributed by atoms with Crippen molar-refractivity contribution in [2.45, 2.75) is 13.8 Å². The maximum atomic E-state index is 9.00. The number of ether oxygens (including phenoxy) is 2. The standard InChI is InChI=1S/C26H24O2P2.2C2H4O2.Ru/c1-27-21-15-9-17-23(29-19-11-5-3-6-12-19)25(21)26-22(28-2)16-10-18-24(26)30-20-13-7-4-8-14-20;2*1-2(3)4;/h3-18,29-30H,1-2H3;2*1H3,(H,3,4);. The van der Waals surface area contributed by atoms with Crippen LogP contribution in [-0.4, -0.2) is 36.4 Å². The van der Waals surface area contributed by atoms with Gasteiger partial charge in [-0.3, -0.25) is 9.59 Å². The van der Waals surface area contributed by atoms with Crippen LogP contribution in [0.15, 0.2) is 97.1 Å². The SMILES string of the molecule is CC(=O)O.CC(=O)O.COc1cccc(Pc2ccccc2)c1-c1c(OC)cccc1Pc1ccccc1.[Ru]. The number of hydrogen-bond acceptors (Lipinski definition) is 4. The zero-order valence-electron chi connectivity index (χ0n) is 22.1. The first kappa shape index (κ1) is 33.9. The van der Waals surface area contributed by atoms with Crippen molar-refractivity contribution in [2.75, 3.05) is 14.2 Å². The van der Waals surface area contributed by atoms with Gasteiger partial charge in [-0.25, -0.2) is 0 Å². The fourth-order valence-electron chi connectivity index (χ4n) is 3.48. The molecule has 0 aromatic heterocycles. The molecular weight excluding hydrogens is 619 g/mol. The molecule has 0 bridgehead atoms. The van der Waals surface area contributed by atoms with Crippen LogP contribution in [-0.2, 0) is 29.1 Å². The van der Waals surface area contributed by atoms with Crippen LogP contribution >= 0.6 is 17.2 Å². The predicted octanol–water partition coefficient (Wildman–Crippen LogP) is 4.81. The Morgan fingerprint density at radius 2 is 0.872 bits per heavy atom. The van der Waals surface area contributed by atoms with Gasteiger partial charge in [-0.05, 0) is 33.4 Å². The summed E-state index contributed by atoms with van der Waals surface area (Å²) in [6.45, 7) is 2.17. The molecule has 2 unspecified atom stereocenters. The van der Waals surface area contributed by atoms with Crippen molar-refractivity contribution in [1.82, 2.24) is 0 Å². The minimum atomic E-state index is -0.833. The second-order valence-corrected chi connectivity index (χ2v) is 10.5. The molecule has 2 atom stereocenters. The van der Waals surface area contributed by atoms with Crippen LogP contribution in [0.2, 0.25) is 0 Å². The minimum absolute atomic E-state index is 0. The van der Waals surface area contributed by atoms with Crippen LogP contribution < -0.4 is 30.7 Å². The van der Waals surface area contributed by atoms with Crippen molar-refractivity contribution in [3.63, 3.8) is 0 Å². The average molecular weight is 652 g/mol. The van der Waals surface area contributed by atoms with Gasteiger partial charge in [-0.2, -0.15) is 0 Å². The summed E-state index contributed by atoms with van der Waals surface area (Å²) in [6.07, 6.45) is 0. The number of carbonyl (C=O) groups is 2. The van der Waals surface area contributed by atoms with E-state index in [1.54, 1.807) is 14.2 Å². The van der Waals surface area contributed by atoms with Gasteiger partial charge in [0.15, 0.2) is 0 Å². The Labute approximate surface area is 246 Å². The maximum Gasteiger partial charge on any atom is 0.300 e. The Bertz CT molecular complexity index is 1210. The monoisotopic (exact) mass is 652 g/mol. The van der Waals surface area contributed by atoms with E-state index in [1.807, 2.05) is 12.1 Å². The van der Waals surface area contributed by atoms with E-state index >= 15 is 0 Å². The van der Waals surface area contributed by atoms with E-state index in [1.165, 1.54) is 21.2 Å². The molecule has 39 heavy (non-hydrogen) atoms. The van der Waals surface area contributed by atoms with Gasteiger partial charge in [0.2, 0.25) is 0 Å². The Morgan fingerprint density at radius 1 is 0.564 bits per heavy atom. The van der Waals surface area contributed by atoms with Crippen molar-refractivity contribution in [1.29, 1.82) is 0 Å². The van der Waals surface area contributed by atoms with Crippen molar-refractivity contribution >= 4 is 50.3 Å². The molecular formula is C30H32O6P2Ru. The van der Waals surface area contributed by atoms with Crippen molar-refractivity contribution < 1.29 is 48.8 Å². The molecule has 0 saturated carbocycles. The van der Waals surface area contributed by atoms with E-state index in [4.69, 9.17) is 29.3 Å². The van der Waals surface area contributed by atoms with E-state index in [2.05, 4.69) is 84.9 Å². The van der Waals surface area contributed by atoms with Crippen LogP contribution in [0.25, 0.3) is 11.1 Å². The molecule has 0 spiro atoms. The quantitative estimate of drug-likeness (QED) is 0.220. The molecule has 6 nitrogen and oxygen atoms in total. The second-order valence-electron chi connectivity index (χ2n) is 7.79. The summed E-state index contributed by atoms with van der Waals surface area (Å²) in [4.78, 5) is 18.0. The zero-order valence-corrected chi connectivity index (χ0v) is 25.9.